The summed E-state index contributed by atoms with van der Waals surface area (Å²) in [5.74, 6) is 0.360. The van der Waals surface area contributed by atoms with E-state index in [1.54, 1.807) is 12.1 Å². The molecule has 1 N–H and O–H groups in total. The Hall–Kier alpha value is -1.94. The summed E-state index contributed by atoms with van der Waals surface area (Å²) in [7, 11) is 1.53. The lowest BCUT2D eigenvalue weighted by atomic mass is 9.97. The van der Waals surface area contributed by atoms with Crippen LogP contribution in [-0.2, 0) is 6.61 Å². The van der Waals surface area contributed by atoms with Gasteiger partial charge in [-0.1, -0.05) is 26.0 Å². The van der Waals surface area contributed by atoms with Gasteiger partial charge in [0.2, 0.25) is 5.88 Å². The summed E-state index contributed by atoms with van der Waals surface area (Å²) < 4.78 is 18.3. The zero-order valence-electron chi connectivity index (χ0n) is 11.9. The van der Waals surface area contributed by atoms with Crippen molar-refractivity contribution in [1.29, 1.82) is 0 Å². The predicted octanol–water partition coefficient (Wildman–Crippen LogP) is 3.51. The minimum atomic E-state index is -0.288. The lowest BCUT2D eigenvalue weighted by molar-refractivity contribution is 0.272. The van der Waals surface area contributed by atoms with Crippen molar-refractivity contribution >= 4 is 0 Å². The fourth-order valence-corrected chi connectivity index (χ4v) is 2.07. The monoisotopic (exact) mass is 275 g/mol. The van der Waals surface area contributed by atoms with E-state index in [9.17, 15) is 9.50 Å². The van der Waals surface area contributed by atoms with Crippen LogP contribution in [0.4, 0.5) is 4.39 Å². The molecule has 1 aromatic carbocycles. The van der Waals surface area contributed by atoms with Gasteiger partial charge in [0.1, 0.15) is 5.82 Å². The maximum atomic E-state index is 13.1. The molecule has 0 saturated carbocycles. The largest absolute Gasteiger partial charge is 0.481 e. The highest BCUT2D eigenvalue weighted by molar-refractivity contribution is 5.69. The van der Waals surface area contributed by atoms with Gasteiger partial charge in [-0.2, -0.15) is 0 Å². The molecule has 3 nitrogen and oxygen atoms in total. The molecule has 0 amide bonds. The maximum absolute atomic E-state index is 13.1. The predicted molar refractivity (Wildman–Crippen MR) is 76.2 cm³/mol. The summed E-state index contributed by atoms with van der Waals surface area (Å²) in [6.45, 7) is 3.89. The molecule has 4 heteroatoms. The van der Waals surface area contributed by atoms with E-state index in [-0.39, 0.29) is 18.3 Å². The topological polar surface area (TPSA) is 42.4 Å². The van der Waals surface area contributed by atoms with Gasteiger partial charge < -0.3 is 9.84 Å². The Balaban J connectivity index is 2.65. The van der Waals surface area contributed by atoms with Crippen molar-refractivity contribution < 1.29 is 14.2 Å². The highest BCUT2D eigenvalue weighted by atomic mass is 19.1. The Morgan fingerprint density at radius 2 is 1.90 bits per heavy atom. The molecule has 2 rings (SSSR count). The third kappa shape index (κ3) is 2.80. The van der Waals surface area contributed by atoms with Crippen molar-refractivity contribution in [2.24, 2.45) is 0 Å². The molecule has 106 valence electrons. The molecule has 0 aliphatic carbocycles. The van der Waals surface area contributed by atoms with Gasteiger partial charge in [0.05, 0.1) is 13.7 Å². The minimum Gasteiger partial charge on any atom is -0.481 e. The van der Waals surface area contributed by atoms with Gasteiger partial charge in [0, 0.05) is 11.3 Å². The smallest absolute Gasteiger partial charge is 0.219 e. The third-order valence-electron chi connectivity index (χ3n) is 3.20. The highest BCUT2D eigenvalue weighted by Gasteiger charge is 2.15. The van der Waals surface area contributed by atoms with Gasteiger partial charge in [-0.25, -0.2) is 9.37 Å². The van der Waals surface area contributed by atoms with Crippen molar-refractivity contribution in [3.8, 4) is 17.0 Å². The first-order valence-electron chi connectivity index (χ1n) is 6.51. The van der Waals surface area contributed by atoms with Crippen LogP contribution >= 0.6 is 0 Å². The molecule has 0 spiro atoms. The molecule has 0 radical (unpaired) electrons. The summed E-state index contributed by atoms with van der Waals surface area (Å²) in [5, 5.41) is 9.58. The van der Waals surface area contributed by atoms with Crippen molar-refractivity contribution in [2.75, 3.05) is 7.11 Å². The third-order valence-corrected chi connectivity index (χ3v) is 3.20. The number of rotatable bonds is 4. The molecular weight excluding hydrogens is 257 g/mol. The number of pyridine rings is 1. The van der Waals surface area contributed by atoms with Gasteiger partial charge in [-0.05, 0) is 35.2 Å². The molecule has 0 aliphatic rings. The van der Waals surface area contributed by atoms with Gasteiger partial charge >= 0.3 is 0 Å². The van der Waals surface area contributed by atoms with E-state index in [1.807, 2.05) is 19.9 Å². The van der Waals surface area contributed by atoms with Crippen LogP contribution in [0, 0.1) is 5.82 Å². The van der Waals surface area contributed by atoms with E-state index in [4.69, 9.17) is 4.74 Å². The van der Waals surface area contributed by atoms with Gasteiger partial charge in [0.15, 0.2) is 0 Å². The average molecular weight is 275 g/mol. The molecule has 1 heterocycles. The fraction of sp³-hybridized carbons (Fsp3) is 0.312. The van der Waals surface area contributed by atoms with Crippen LogP contribution in [0.25, 0.3) is 11.1 Å². The molecule has 20 heavy (non-hydrogen) atoms. The van der Waals surface area contributed by atoms with E-state index in [1.165, 1.54) is 19.2 Å². The Labute approximate surface area is 118 Å². The lowest BCUT2D eigenvalue weighted by Gasteiger charge is -2.15. The molecule has 1 aromatic heterocycles. The highest BCUT2D eigenvalue weighted by Crippen LogP contribution is 2.32. The summed E-state index contributed by atoms with van der Waals surface area (Å²) in [4.78, 5) is 4.41. The number of aromatic nitrogens is 1. The molecule has 2 aromatic rings. The normalized spacial score (nSPS) is 10.9. The molecular formula is C16H18FNO2. The van der Waals surface area contributed by atoms with Crippen LogP contribution in [0.2, 0.25) is 0 Å². The summed E-state index contributed by atoms with van der Waals surface area (Å²) in [6.07, 6.45) is 0. The molecule has 0 atom stereocenters. The Morgan fingerprint density at radius 1 is 1.25 bits per heavy atom. The summed E-state index contributed by atoms with van der Waals surface area (Å²) in [5.41, 5.74) is 3.14. The number of hydrogen-bond acceptors (Lipinski definition) is 3. The number of halogens is 1. The first kappa shape index (κ1) is 14.5. The molecule has 0 bridgehead atoms. The molecule has 0 saturated heterocycles. The van der Waals surface area contributed by atoms with Gasteiger partial charge in [-0.15, -0.1) is 0 Å². The molecule has 0 aliphatic heterocycles. The minimum absolute atomic E-state index is 0.179. The number of hydrogen-bond donors (Lipinski definition) is 1. The van der Waals surface area contributed by atoms with Crippen LogP contribution in [-0.4, -0.2) is 17.2 Å². The zero-order chi connectivity index (χ0) is 14.7. The number of aliphatic hydroxyl groups excluding tert-OH is 1. The van der Waals surface area contributed by atoms with E-state index in [0.29, 0.717) is 11.4 Å². The van der Waals surface area contributed by atoms with E-state index in [0.717, 1.165) is 16.8 Å². The second kappa shape index (κ2) is 6.01. The number of methoxy groups -OCH3 is 1. The number of nitrogens with zero attached hydrogens (tertiary/aromatic N) is 1. The molecule has 0 fully saturated rings. The van der Waals surface area contributed by atoms with Gasteiger partial charge in [0.25, 0.3) is 0 Å². The zero-order valence-corrected chi connectivity index (χ0v) is 11.9. The number of benzene rings is 1. The fourth-order valence-electron chi connectivity index (χ4n) is 2.07. The quantitative estimate of drug-likeness (QED) is 0.928. The van der Waals surface area contributed by atoms with Crippen molar-refractivity contribution in [3.63, 3.8) is 0 Å². The van der Waals surface area contributed by atoms with Crippen molar-refractivity contribution in [1.82, 2.24) is 4.98 Å². The Bertz CT molecular complexity index is 594. The Morgan fingerprint density at radius 3 is 2.40 bits per heavy atom. The standard InChI is InChI=1S/C16H18FNO2/c1-10(2)15-8-13(11-4-6-12(17)7-5-11)14(9-19)16(18-15)20-3/h4-8,10,19H,9H2,1-3H3. The van der Waals surface area contributed by atoms with Crippen LogP contribution in [0.1, 0.15) is 31.0 Å². The van der Waals surface area contributed by atoms with E-state index >= 15 is 0 Å². The number of ether oxygens (including phenoxy) is 1. The first-order chi connectivity index (χ1) is 9.56. The summed E-state index contributed by atoms with van der Waals surface area (Å²) >= 11 is 0. The average Bonchev–Trinajstić information content (AvgIpc) is 2.46. The van der Waals surface area contributed by atoms with Crippen LogP contribution in [0.15, 0.2) is 30.3 Å². The van der Waals surface area contributed by atoms with Gasteiger partial charge in [-0.3, -0.25) is 0 Å². The first-order valence-corrected chi connectivity index (χ1v) is 6.51. The van der Waals surface area contributed by atoms with E-state index < -0.39 is 0 Å². The number of aliphatic hydroxyl groups is 1. The van der Waals surface area contributed by atoms with Crippen molar-refractivity contribution in [2.45, 2.75) is 26.4 Å². The van der Waals surface area contributed by atoms with Crippen LogP contribution in [0.3, 0.4) is 0 Å². The van der Waals surface area contributed by atoms with Crippen LogP contribution in [0.5, 0.6) is 5.88 Å². The Kier molecular flexibility index (Phi) is 4.35. The SMILES string of the molecule is COc1nc(C(C)C)cc(-c2ccc(F)cc2)c1CO. The van der Waals surface area contributed by atoms with Crippen LogP contribution < -0.4 is 4.74 Å². The molecule has 0 unspecified atom stereocenters. The maximum Gasteiger partial charge on any atom is 0.219 e. The summed E-state index contributed by atoms with van der Waals surface area (Å²) in [6, 6.07) is 8.10. The van der Waals surface area contributed by atoms with E-state index in [2.05, 4.69) is 4.98 Å². The second-order valence-corrected chi connectivity index (χ2v) is 4.90. The van der Waals surface area contributed by atoms with Crippen molar-refractivity contribution in [3.05, 3.63) is 47.4 Å². The lowest BCUT2D eigenvalue weighted by Crippen LogP contribution is -2.03. The second-order valence-electron chi connectivity index (χ2n) is 4.90.